The zero-order valence-corrected chi connectivity index (χ0v) is 17.7. The van der Waals surface area contributed by atoms with Crippen LogP contribution >= 0.6 is 0 Å². The highest BCUT2D eigenvalue weighted by atomic mass is 16.5. The molecule has 2 aromatic heterocycles. The number of aromatic carboxylic acids is 1. The number of methoxy groups -OCH3 is 1. The lowest BCUT2D eigenvalue weighted by Gasteiger charge is -2.15. The maximum Gasteiger partial charge on any atom is 0.339 e. The summed E-state index contributed by atoms with van der Waals surface area (Å²) in [6.07, 6.45) is 4.56. The first-order valence-corrected chi connectivity index (χ1v) is 10.2. The van der Waals surface area contributed by atoms with E-state index in [9.17, 15) is 14.7 Å². The molecule has 1 aliphatic carbocycles. The minimum absolute atomic E-state index is 0.00996. The molecule has 3 N–H and O–H groups in total. The Kier molecular flexibility index (Phi) is 5.50. The second-order valence-electron chi connectivity index (χ2n) is 7.71. The van der Waals surface area contributed by atoms with Crippen molar-refractivity contribution in [2.75, 3.05) is 17.7 Å². The smallest absolute Gasteiger partial charge is 0.339 e. The molecule has 0 unspecified atom stereocenters. The number of aromatic nitrogens is 3. The van der Waals surface area contributed by atoms with E-state index in [1.165, 1.54) is 12.3 Å². The van der Waals surface area contributed by atoms with E-state index in [1.807, 2.05) is 26.1 Å². The van der Waals surface area contributed by atoms with Gasteiger partial charge in [0.25, 0.3) is 0 Å². The van der Waals surface area contributed by atoms with Crippen molar-refractivity contribution in [3.05, 3.63) is 35.7 Å². The topological polar surface area (TPSA) is 118 Å². The van der Waals surface area contributed by atoms with Crippen molar-refractivity contribution in [1.82, 2.24) is 14.8 Å². The van der Waals surface area contributed by atoms with Gasteiger partial charge in [-0.15, -0.1) is 0 Å². The van der Waals surface area contributed by atoms with E-state index in [-0.39, 0.29) is 11.5 Å². The van der Waals surface area contributed by atoms with E-state index in [1.54, 1.807) is 11.8 Å². The summed E-state index contributed by atoms with van der Waals surface area (Å²) >= 11 is 0. The van der Waals surface area contributed by atoms with E-state index in [0.717, 1.165) is 35.9 Å². The molecule has 9 nitrogen and oxygen atoms in total. The zero-order valence-electron chi connectivity index (χ0n) is 17.7. The molecule has 31 heavy (non-hydrogen) atoms. The van der Waals surface area contributed by atoms with Crippen molar-refractivity contribution < 1.29 is 19.4 Å². The first-order valence-electron chi connectivity index (χ1n) is 10.2. The van der Waals surface area contributed by atoms with Crippen molar-refractivity contribution in [1.29, 1.82) is 0 Å². The molecular weight excluding hydrogens is 398 g/mol. The third-order valence-corrected chi connectivity index (χ3v) is 5.42. The average Bonchev–Trinajstić information content (AvgIpc) is 3.48. The number of nitrogens with one attached hydrogen (secondary N) is 2. The second-order valence-corrected chi connectivity index (χ2v) is 7.71. The Morgan fingerprint density at radius 3 is 2.71 bits per heavy atom. The van der Waals surface area contributed by atoms with Crippen molar-refractivity contribution >= 4 is 40.0 Å². The van der Waals surface area contributed by atoms with Crippen LogP contribution in [0, 0.1) is 5.92 Å². The highest BCUT2D eigenvalue weighted by Crippen LogP contribution is 2.38. The molecule has 0 atom stereocenters. The number of pyridine rings is 1. The van der Waals surface area contributed by atoms with Crippen molar-refractivity contribution in [3.8, 4) is 5.75 Å². The molecule has 1 fully saturated rings. The summed E-state index contributed by atoms with van der Waals surface area (Å²) in [6, 6.07) is 5.26. The van der Waals surface area contributed by atoms with E-state index in [2.05, 4.69) is 20.7 Å². The Labute approximate surface area is 179 Å². The molecule has 0 bridgehead atoms. The molecule has 2 heterocycles. The van der Waals surface area contributed by atoms with Crippen LogP contribution in [0.15, 0.2) is 24.4 Å². The predicted molar refractivity (Wildman–Crippen MR) is 117 cm³/mol. The number of hydrogen-bond donors (Lipinski definition) is 3. The van der Waals surface area contributed by atoms with Gasteiger partial charge < -0.3 is 20.5 Å². The van der Waals surface area contributed by atoms with Crippen LogP contribution in [0.3, 0.4) is 0 Å². The van der Waals surface area contributed by atoms with Crippen molar-refractivity contribution in [2.24, 2.45) is 13.0 Å². The summed E-state index contributed by atoms with van der Waals surface area (Å²) in [5.41, 5.74) is 2.70. The molecule has 1 aliphatic rings. The van der Waals surface area contributed by atoms with Gasteiger partial charge in [0, 0.05) is 25.7 Å². The number of rotatable bonds is 8. The molecule has 4 rings (SSSR count). The molecule has 0 saturated heterocycles. The molecule has 1 saturated carbocycles. The standard InChI is InChI=1S/C22H25N5O4/c1-4-14-20-17(27(2)26-14)8-7-15(21(20)31-3)24-16-10-18(23-11-13(16)22(29)30)25-19(28)9-12-5-6-12/h7-8,10-12H,4-6,9H2,1-3H3,(H,29,30)(H2,23,24,25,28). The fourth-order valence-corrected chi connectivity index (χ4v) is 3.68. The van der Waals surface area contributed by atoms with Crippen LogP contribution in [0.5, 0.6) is 5.75 Å². The third-order valence-electron chi connectivity index (χ3n) is 5.42. The minimum atomic E-state index is -1.12. The monoisotopic (exact) mass is 423 g/mol. The van der Waals surface area contributed by atoms with Crippen LogP contribution in [0.1, 0.15) is 42.2 Å². The summed E-state index contributed by atoms with van der Waals surface area (Å²) in [4.78, 5) is 28.0. The molecule has 3 aromatic rings. The predicted octanol–water partition coefficient (Wildman–Crippen LogP) is 3.72. The number of fused-ring (bicyclic) bond motifs is 1. The normalized spacial score (nSPS) is 13.3. The van der Waals surface area contributed by atoms with Crippen LogP contribution in [0.2, 0.25) is 0 Å². The Bertz CT molecular complexity index is 1170. The third kappa shape index (κ3) is 4.16. The average molecular weight is 423 g/mol. The Balaban J connectivity index is 1.71. The highest BCUT2D eigenvalue weighted by Gasteiger charge is 2.25. The Hall–Kier alpha value is -3.62. The fraction of sp³-hybridized carbons (Fsp3) is 0.364. The number of nitrogens with zero attached hydrogens (tertiary/aromatic N) is 3. The zero-order chi connectivity index (χ0) is 22.1. The lowest BCUT2D eigenvalue weighted by Crippen LogP contribution is -2.14. The number of anilines is 3. The number of carboxylic acid groups (broad SMARTS) is 1. The number of benzene rings is 1. The lowest BCUT2D eigenvalue weighted by atomic mass is 10.1. The SMILES string of the molecule is CCc1nn(C)c2ccc(Nc3cc(NC(=O)CC4CC4)ncc3C(=O)O)c(OC)c12. The van der Waals surface area contributed by atoms with E-state index in [0.29, 0.717) is 35.3 Å². The van der Waals surface area contributed by atoms with Gasteiger partial charge in [0.1, 0.15) is 11.4 Å². The molecular formula is C22H25N5O4. The summed E-state index contributed by atoms with van der Waals surface area (Å²) in [5, 5.41) is 21.0. The molecule has 0 aliphatic heterocycles. The minimum Gasteiger partial charge on any atom is -0.494 e. The summed E-state index contributed by atoms with van der Waals surface area (Å²) in [6.45, 7) is 2.02. The van der Waals surface area contributed by atoms with Gasteiger partial charge in [0.2, 0.25) is 5.91 Å². The van der Waals surface area contributed by atoms with Gasteiger partial charge in [0.05, 0.1) is 35.1 Å². The number of carbonyl (C=O) groups is 2. The molecule has 1 amide bonds. The number of ether oxygens (including phenoxy) is 1. The fourth-order valence-electron chi connectivity index (χ4n) is 3.68. The first kappa shape index (κ1) is 20.6. The number of carbonyl (C=O) groups excluding carboxylic acids is 1. The molecule has 162 valence electrons. The summed E-state index contributed by atoms with van der Waals surface area (Å²) in [5.74, 6) is 0.0790. The van der Waals surface area contributed by atoms with Crippen LogP contribution < -0.4 is 15.4 Å². The van der Waals surface area contributed by atoms with Crippen LogP contribution in [-0.4, -0.2) is 38.9 Å². The van der Waals surface area contributed by atoms with Gasteiger partial charge in [-0.25, -0.2) is 9.78 Å². The van der Waals surface area contributed by atoms with Crippen LogP contribution in [-0.2, 0) is 18.3 Å². The van der Waals surface area contributed by atoms with Gasteiger partial charge in [-0.1, -0.05) is 6.92 Å². The van der Waals surface area contributed by atoms with Gasteiger partial charge in [-0.05, 0) is 37.3 Å². The molecule has 9 heteroatoms. The van der Waals surface area contributed by atoms with Gasteiger partial charge in [-0.3, -0.25) is 9.48 Å². The molecule has 0 spiro atoms. The first-order chi connectivity index (χ1) is 14.9. The maximum atomic E-state index is 12.2. The van der Waals surface area contributed by atoms with Crippen LogP contribution in [0.4, 0.5) is 17.2 Å². The van der Waals surface area contributed by atoms with Gasteiger partial charge in [-0.2, -0.15) is 5.10 Å². The Morgan fingerprint density at radius 2 is 2.06 bits per heavy atom. The summed E-state index contributed by atoms with van der Waals surface area (Å²) < 4.78 is 7.48. The maximum absolute atomic E-state index is 12.2. The number of amides is 1. The van der Waals surface area contributed by atoms with E-state index < -0.39 is 5.97 Å². The highest BCUT2D eigenvalue weighted by molar-refractivity contribution is 5.99. The van der Waals surface area contributed by atoms with Crippen LogP contribution in [0.25, 0.3) is 10.9 Å². The molecule has 1 aromatic carbocycles. The molecule has 0 radical (unpaired) electrons. The largest absolute Gasteiger partial charge is 0.494 e. The lowest BCUT2D eigenvalue weighted by molar-refractivity contribution is -0.116. The van der Waals surface area contributed by atoms with Gasteiger partial charge in [0.15, 0.2) is 5.75 Å². The van der Waals surface area contributed by atoms with Crippen molar-refractivity contribution in [3.63, 3.8) is 0 Å². The number of hydrogen-bond acceptors (Lipinski definition) is 6. The Morgan fingerprint density at radius 1 is 1.29 bits per heavy atom. The quantitative estimate of drug-likeness (QED) is 0.505. The number of aryl methyl sites for hydroxylation is 2. The van der Waals surface area contributed by atoms with Crippen molar-refractivity contribution in [2.45, 2.75) is 32.6 Å². The van der Waals surface area contributed by atoms with Gasteiger partial charge >= 0.3 is 5.97 Å². The number of carboxylic acids is 1. The second kappa shape index (κ2) is 8.25. The van der Waals surface area contributed by atoms with E-state index >= 15 is 0 Å². The van der Waals surface area contributed by atoms with E-state index in [4.69, 9.17) is 4.74 Å². The summed E-state index contributed by atoms with van der Waals surface area (Å²) in [7, 11) is 3.44.